The Hall–Kier alpha value is -0.680. The van der Waals surface area contributed by atoms with Gasteiger partial charge >= 0.3 is 0 Å². The second-order valence-corrected chi connectivity index (χ2v) is 5.82. The van der Waals surface area contributed by atoms with Gasteiger partial charge in [-0.1, -0.05) is 15.9 Å². The highest BCUT2D eigenvalue weighted by molar-refractivity contribution is 9.10. The van der Waals surface area contributed by atoms with E-state index in [1.54, 1.807) is 0 Å². The van der Waals surface area contributed by atoms with Gasteiger partial charge in [0.15, 0.2) is 0 Å². The van der Waals surface area contributed by atoms with Crippen molar-refractivity contribution in [2.24, 2.45) is 5.73 Å². The first-order chi connectivity index (χ1) is 7.97. The standard InChI is InChI=1S/C12H18BrN3S/c1-8(7-17-3)16(2)11-6-9(13)4-5-10(11)12(14)15/h4-6,8H,7H2,1-3H3,(H3,14,15). The lowest BCUT2D eigenvalue weighted by Gasteiger charge is -2.28. The Balaban J connectivity index is 3.10. The van der Waals surface area contributed by atoms with Gasteiger partial charge in [-0.25, -0.2) is 0 Å². The molecule has 0 saturated carbocycles. The molecule has 1 unspecified atom stereocenters. The minimum absolute atomic E-state index is 0.107. The predicted molar refractivity (Wildman–Crippen MR) is 81.4 cm³/mol. The molecular weight excluding hydrogens is 298 g/mol. The quantitative estimate of drug-likeness (QED) is 0.649. The molecule has 1 aromatic rings. The first kappa shape index (κ1) is 14.4. The maximum Gasteiger partial charge on any atom is 0.124 e. The minimum atomic E-state index is 0.107. The maximum absolute atomic E-state index is 7.61. The summed E-state index contributed by atoms with van der Waals surface area (Å²) in [5.41, 5.74) is 7.39. The van der Waals surface area contributed by atoms with Gasteiger partial charge in [0.25, 0.3) is 0 Å². The number of hydrogen-bond acceptors (Lipinski definition) is 3. The Kier molecular flexibility index (Phi) is 5.33. The van der Waals surface area contributed by atoms with Crippen LogP contribution >= 0.6 is 27.7 Å². The topological polar surface area (TPSA) is 53.1 Å². The van der Waals surface area contributed by atoms with Gasteiger partial charge in [-0.05, 0) is 31.4 Å². The van der Waals surface area contributed by atoms with Crippen LogP contribution in [0.25, 0.3) is 0 Å². The van der Waals surface area contributed by atoms with Crippen molar-refractivity contribution in [3.63, 3.8) is 0 Å². The molecule has 0 aromatic heterocycles. The van der Waals surface area contributed by atoms with Crippen LogP contribution in [0.3, 0.4) is 0 Å². The molecule has 0 aliphatic heterocycles. The summed E-state index contributed by atoms with van der Waals surface area (Å²) in [6, 6.07) is 6.20. The summed E-state index contributed by atoms with van der Waals surface area (Å²) in [6.07, 6.45) is 2.09. The number of anilines is 1. The van der Waals surface area contributed by atoms with E-state index in [1.165, 1.54) is 0 Å². The summed E-state index contributed by atoms with van der Waals surface area (Å²) in [7, 11) is 2.04. The third-order valence-electron chi connectivity index (χ3n) is 2.70. The van der Waals surface area contributed by atoms with Crippen molar-refractivity contribution in [2.45, 2.75) is 13.0 Å². The number of halogens is 1. The SMILES string of the molecule is CSCC(C)N(C)c1cc(Br)ccc1C(=N)N. The molecule has 0 aliphatic carbocycles. The highest BCUT2D eigenvalue weighted by atomic mass is 79.9. The lowest BCUT2D eigenvalue weighted by molar-refractivity contribution is 0.764. The highest BCUT2D eigenvalue weighted by Gasteiger charge is 2.15. The Morgan fingerprint density at radius 2 is 2.24 bits per heavy atom. The molecule has 1 atom stereocenters. The van der Waals surface area contributed by atoms with E-state index in [0.717, 1.165) is 21.5 Å². The Labute approximate surface area is 115 Å². The molecule has 0 aliphatic rings. The number of rotatable bonds is 5. The molecule has 0 fully saturated rings. The van der Waals surface area contributed by atoms with Crippen LogP contribution in [0.2, 0.25) is 0 Å². The predicted octanol–water partition coefficient (Wildman–Crippen LogP) is 2.92. The molecule has 0 spiro atoms. The number of nitrogen functional groups attached to an aromatic ring is 1. The van der Waals surface area contributed by atoms with Crippen LogP contribution in [0, 0.1) is 5.41 Å². The lowest BCUT2D eigenvalue weighted by atomic mass is 10.1. The second kappa shape index (κ2) is 6.31. The van der Waals surface area contributed by atoms with Crippen LogP contribution in [-0.2, 0) is 0 Å². The molecule has 94 valence electrons. The second-order valence-electron chi connectivity index (χ2n) is 3.99. The summed E-state index contributed by atoms with van der Waals surface area (Å²) >= 11 is 5.27. The van der Waals surface area contributed by atoms with Crippen molar-refractivity contribution < 1.29 is 0 Å². The fourth-order valence-electron chi connectivity index (χ4n) is 1.61. The normalized spacial score (nSPS) is 12.2. The highest BCUT2D eigenvalue weighted by Crippen LogP contribution is 2.26. The molecule has 3 N–H and O–H groups in total. The average molecular weight is 316 g/mol. The van der Waals surface area contributed by atoms with Gasteiger partial charge < -0.3 is 10.6 Å². The van der Waals surface area contributed by atoms with Crippen molar-refractivity contribution in [1.82, 2.24) is 0 Å². The van der Waals surface area contributed by atoms with Crippen molar-refractivity contribution in [1.29, 1.82) is 5.41 Å². The number of benzene rings is 1. The van der Waals surface area contributed by atoms with E-state index in [4.69, 9.17) is 11.1 Å². The maximum atomic E-state index is 7.61. The average Bonchev–Trinajstić information content (AvgIpc) is 2.27. The lowest BCUT2D eigenvalue weighted by Crippen LogP contribution is -2.32. The van der Waals surface area contributed by atoms with E-state index in [0.29, 0.717) is 6.04 Å². The van der Waals surface area contributed by atoms with E-state index in [1.807, 2.05) is 37.0 Å². The number of nitrogens with zero attached hydrogens (tertiary/aromatic N) is 1. The summed E-state index contributed by atoms with van der Waals surface area (Å²) in [5.74, 6) is 1.15. The Bertz CT molecular complexity index is 409. The molecule has 5 heteroatoms. The van der Waals surface area contributed by atoms with Crippen LogP contribution in [0.1, 0.15) is 12.5 Å². The molecule has 0 bridgehead atoms. The fourth-order valence-corrected chi connectivity index (χ4v) is 2.67. The van der Waals surface area contributed by atoms with Gasteiger partial charge in [0, 0.05) is 34.6 Å². The Morgan fingerprint density at radius 3 is 2.76 bits per heavy atom. The third-order valence-corrected chi connectivity index (χ3v) is 4.01. The molecule has 0 heterocycles. The van der Waals surface area contributed by atoms with E-state index in [9.17, 15) is 0 Å². The van der Waals surface area contributed by atoms with Gasteiger partial charge in [-0.15, -0.1) is 0 Å². The number of thioether (sulfide) groups is 1. The molecule has 3 nitrogen and oxygen atoms in total. The molecule has 1 aromatic carbocycles. The molecule has 17 heavy (non-hydrogen) atoms. The zero-order chi connectivity index (χ0) is 13.0. The Morgan fingerprint density at radius 1 is 1.59 bits per heavy atom. The van der Waals surface area contributed by atoms with Gasteiger partial charge in [-0.3, -0.25) is 5.41 Å². The number of amidine groups is 1. The van der Waals surface area contributed by atoms with Crippen molar-refractivity contribution in [3.05, 3.63) is 28.2 Å². The van der Waals surface area contributed by atoms with E-state index in [2.05, 4.69) is 34.0 Å². The van der Waals surface area contributed by atoms with Crippen LogP contribution in [0.4, 0.5) is 5.69 Å². The van der Waals surface area contributed by atoms with E-state index in [-0.39, 0.29) is 5.84 Å². The smallest absolute Gasteiger partial charge is 0.124 e. The molecule has 0 radical (unpaired) electrons. The van der Waals surface area contributed by atoms with Gasteiger partial charge in [0.2, 0.25) is 0 Å². The third kappa shape index (κ3) is 3.64. The van der Waals surface area contributed by atoms with Crippen LogP contribution < -0.4 is 10.6 Å². The largest absolute Gasteiger partial charge is 0.384 e. The number of nitrogens with two attached hydrogens (primary N) is 1. The monoisotopic (exact) mass is 315 g/mol. The number of nitrogens with one attached hydrogen (secondary N) is 1. The molecule has 0 amide bonds. The van der Waals surface area contributed by atoms with Crippen molar-refractivity contribution in [3.8, 4) is 0 Å². The first-order valence-electron chi connectivity index (χ1n) is 5.33. The van der Waals surface area contributed by atoms with Gasteiger partial charge in [0.05, 0.1) is 0 Å². The van der Waals surface area contributed by atoms with Crippen LogP contribution in [0.5, 0.6) is 0 Å². The fraction of sp³-hybridized carbons (Fsp3) is 0.417. The zero-order valence-corrected chi connectivity index (χ0v) is 12.7. The van der Waals surface area contributed by atoms with Gasteiger partial charge in [-0.2, -0.15) is 11.8 Å². The van der Waals surface area contributed by atoms with Crippen molar-refractivity contribution in [2.75, 3.05) is 24.0 Å². The summed E-state index contributed by atoms with van der Waals surface area (Å²) in [5, 5.41) is 7.61. The minimum Gasteiger partial charge on any atom is -0.384 e. The summed E-state index contributed by atoms with van der Waals surface area (Å²) in [4.78, 5) is 2.16. The van der Waals surface area contributed by atoms with E-state index >= 15 is 0 Å². The van der Waals surface area contributed by atoms with Gasteiger partial charge in [0.1, 0.15) is 5.84 Å². The number of hydrogen-bond donors (Lipinski definition) is 2. The molecule has 0 saturated heterocycles. The molecular formula is C12H18BrN3S. The summed E-state index contributed by atoms with van der Waals surface area (Å²) < 4.78 is 1.00. The first-order valence-corrected chi connectivity index (χ1v) is 7.51. The van der Waals surface area contributed by atoms with Crippen LogP contribution in [0.15, 0.2) is 22.7 Å². The summed E-state index contributed by atoms with van der Waals surface area (Å²) in [6.45, 7) is 2.17. The van der Waals surface area contributed by atoms with Crippen molar-refractivity contribution >= 4 is 39.2 Å². The van der Waals surface area contributed by atoms with Crippen LogP contribution in [-0.4, -0.2) is 30.9 Å². The zero-order valence-electron chi connectivity index (χ0n) is 10.3. The molecule has 1 rings (SSSR count). The van der Waals surface area contributed by atoms with E-state index < -0.39 is 0 Å².